The number of anilines is 1. The molecule has 2 N–H and O–H groups in total. The lowest BCUT2D eigenvalue weighted by Crippen LogP contribution is -1.99. The zero-order valence-electron chi connectivity index (χ0n) is 13.3. The van der Waals surface area contributed by atoms with Crippen LogP contribution in [0.2, 0.25) is 0 Å². The van der Waals surface area contributed by atoms with Gasteiger partial charge in [0.15, 0.2) is 17.3 Å². The summed E-state index contributed by atoms with van der Waals surface area (Å²) in [5.41, 5.74) is 5.97. The van der Waals surface area contributed by atoms with E-state index in [4.69, 9.17) is 4.74 Å². The van der Waals surface area contributed by atoms with Crippen molar-refractivity contribution in [2.24, 2.45) is 5.10 Å². The predicted octanol–water partition coefficient (Wildman–Crippen LogP) is 2.44. The number of aromatic hydroxyl groups is 1. The number of hydrogen-bond donors (Lipinski definition) is 2. The summed E-state index contributed by atoms with van der Waals surface area (Å²) in [6.07, 6.45) is 3.24. The second-order valence-corrected chi connectivity index (χ2v) is 5.27. The molecule has 2 heterocycles. The van der Waals surface area contributed by atoms with Gasteiger partial charge >= 0.3 is 0 Å². The summed E-state index contributed by atoms with van der Waals surface area (Å²) in [5, 5.41) is 21.9. The van der Waals surface area contributed by atoms with Crippen LogP contribution in [-0.2, 0) is 0 Å². The normalized spacial score (nSPS) is 11.4. The van der Waals surface area contributed by atoms with E-state index in [1.54, 1.807) is 30.7 Å². The molecule has 124 valence electrons. The fourth-order valence-corrected chi connectivity index (χ4v) is 2.52. The number of hydrazone groups is 1. The van der Waals surface area contributed by atoms with Crippen molar-refractivity contribution in [1.82, 2.24) is 19.6 Å². The van der Waals surface area contributed by atoms with Gasteiger partial charge in [-0.2, -0.15) is 5.10 Å². The van der Waals surface area contributed by atoms with Gasteiger partial charge in [0.1, 0.15) is 6.33 Å². The molecule has 2 aromatic heterocycles. The molecule has 4 aromatic rings. The summed E-state index contributed by atoms with van der Waals surface area (Å²) in [5.74, 6) is 0.958. The van der Waals surface area contributed by atoms with Gasteiger partial charge < -0.3 is 9.84 Å². The van der Waals surface area contributed by atoms with Crippen LogP contribution < -0.4 is 10.2 Å². The number of hydrogen-bond acceptors (Lipinski definition) is 7. The average Bonchev–Trinajstić information content (AvgIpc) is 3.13. The van der Waals surface area contributed by atoms with Gasteiger partial charge in [-0.05, 0) is 35.9 Å². The Labute approximate surface area is 142 Å². The van der Waals surface area contributed by atoms with Crippen molar-refractivity contribution in [2.45, 2.75) is 0 Å². The van der Waals surface area contributed by atoms with E-state index in [1.165, 1.54) is 7.11 Å². The number of ether oxygens (including phenoxy) is 1. The summed E-state index contributed by atoms with van der Waals surface area (Å²) in [4.78, 5) is 4.54. The van der Waals surface area contributed by atoms with Gasteiger partial charge in [0.05, 0.1) is 24.4 Å². The molecule has 25 heavy (non-hydrogen) atoms. The molecule has 0 amide bonds. The monoisotopic (exact) mass is 334 g/mol. The first-order chi connectivity index (χ1) is 12.3. The lowest BCUT2D eigenvalue weighted by molar-refractivity contribution is 0.373. The highest BCUT2D eigenvalue weighted by atomic mass is 16.5. The van der Waals surface area contributed by atoms with E-state index in [1.807, 2.05) is 28.7 Å². The van der Waals surface area contributed by atoms with Crippen LogP contribution >= 0.6 is 0 Å². The molecule has 8 heteroatoms. The topological polar surface area (TPSA) is 96.9 Å². The van der Waals surface area contributed by atoms with Crippen molar-refractivity contribution in [3.05, 3.63) is 54.4 Å². The Bertz CT molecular complexity index is 1090. The van der Waals surface area contributed by atoms with Crippen molar-refractivity contribution < 1.29 is 9.84 Å². The highest BCUT2D eigenvalue weighted by Crippen LogP contribution is 2.25. The van der Waals surface area contributed by atoms with Crippen molar-refractivity contribution in [3.63, 3.8) is 0 Å². The Morgan fingerprint density at radius 3 is 3.00 bits per heavy atom. The number of rotatable bonds is 4. The largest absolute Gasteiger partial charge is 0.504 e. The minimum Gasteiger partial charge on any atom is -0.504 e. The Morgan fingerprint density at radius 1 is 1.24 bits per heavy atom. The Balaban J connectivity index is 1.67. The fraction of sp³-hybridized carbons (Fsp3) is 0.0588. The summed E-state index contributed by atoms with van der Waals surface area (Å²) in [6.45, 7) is 0. The first kappa shape index (κ1) is 14.9. The SMILES string of the molecule is COc1cc(/C=N\Nc2nc3ccccc3n3cnnc23)ccc1O. The molecule has 0 radical (unpaired) electrons. The van der Waals surface area contributed by atoms with Crippen LogP contribution in [0.1, 0.15) is 5.56 Å². The first-order valence-electron chi connectivity index (χ1n) is 7.51. The van der Waals surface area contributed by atoms with E-state index >= 15 is 0 Å². The molecular weight excluding hydrogens is 320 g/mol. The molecule has 0 aliphatic rings. The highest BCUT2D eigenvalue weighted by Gasteiger charge is 2.09. The molecule has 0 saturated heterocycles. The second-order valence-electron chi connectivity index (χ2n) is 5.27. The summed E-state index contributed by atoms with van der Waals surface area (Å²) >= 11 is 0. The van der Waals surface area contributed by atoms with E-state index in [2.05, 4.69) is 25.7 Å². The zero-order chi connectivity index (χ0) is 17.2. The van der Waals surface area contributed by atoms with E-state index in [0.717, 1.165) is 16.6 Å². The number of nitrogens with one attached hydrogen (secondary N) is 1. The third-order valence-electron chi connectivity index (χ3n) is 3.72. The Hall–Kier alpha value is -3.68. The van der Waals surface area contributed by atoms with Gasteiger partial charge in [0.25, 0.3) is 0 Å². The van der Waals surface area contributed by atoms with Crippen LogP contribution in [0.15, 0.2) is 53.9 Å². The molecule has 0 aliphatic carbocycles. The molecule has 0 saturated carbocycles. The number of methoxy groups -OCH3 is 1. The maximum absolute atomic E-state index is 9.62. The van der Waals surface area contributed by atoms with Crippen molar-refractivity contribution >= 4 is 28.7 Å². The number of fused-ring (bicyclic) bond motifs is 3. The number of aromatic nitrogens is 4. The minimum absolute atomic E-state index is 0.0778. The standard InChI is InChI=1S/C17H14N6O2/c1-25-15-8-11(6-7-14(15)24)9-18-21-16-17-22-19-10-23(17)13-5-3-2-4-12(13)20-16/h2-10,24H,1H3,(H,20,21)/b18-9-. The molecule has 0 spiro atoms. The quantitative estimate of drug-likeness (QED) is 0.439. The number of phenols is 1. The van der Waals surface area contributed by atoms with Crippen molar-refractivity contribution in [3.8, 4) is 11.5 Å². The Morgan fingerprint density at radius 2 is 2.12 bits per heavy atom. The summed E-state index contributed by atoms with van der Waals surface area (Å²) < 4.78 is 6.93. The molecule has 0 bridgehead atoms. The number of benzene rings is 2. The average molecular weight is 334 g/mol. The van der Waals surface area contributed by atoms with Gasteiger partial charge in [-0.15, -0.1) is 10.2 Å². The van der Waals surface area contributed by atoms with E-state index in [0.29, 0.717) is 17.2 Å². The smallest absolute Gasteiger partial charge is 0.205 e. The van der Waals surface area contributed by atoms with Crippen LogP contribution in [0.5, 0.6) is 11.5 Å². The lowest BCUT2D eigenvalue weighted by Gasteiger charge is -2.06. The molecular formula is C17H14N6O2. The van der Waals surface area contributed by atoms with Crippen LogP contribution in [0.25, 0.3) is 16.7 Å². The fourth-order valence-electron chi connectivity index (χ4n) is 2.52. The zero-order valence-corrected chi connectivity index (χ0v) is 13.3. The van der Waals surface area contributed by atoms with Gasteiger partial charge in [-0.25, -0.2) is 4.98 Å². The van der Waals surface area contributed by atoms with E-state index in [9.17, 15) is 5.11 Å². The molecule has 4 rings (SSSR count). The van der Waals surface area contributed by atoms with Gasteiger partial charge in [-0.1, -0.05) is 12.1 Å². The van der Waals surface area contributed by atoms with E-state index in [-0.39, 0.29) is 5.75 Å². The van der Waals surface area contributed by atoms with Crippen molar-refractivity contribution in [1.29, 1.82) is 0 Å². The third kappa shape index (κ3) is 2.69. The van der Waals surface area contributed by atoms with Crippen LogP contribution in [0.3, 0.4) is 0 Å². The third-order valence-corrected chi connectivity index (χ3v) is 3.72. The van der Waals surface area contributed by atoms with Crippen molar-refractivity contribution in [2.75, 3.05) is 12.5 Å². The second kappa shape index (κ2) is 6.08. The molecule has 0 fully saturated rings. The van der Waals surface area contributed by atoms with Gasteiger partial charge in [0, 0.05) is 0 Å². The number of phenolic OH excluding ortho intramolecular Hbond substituents is 1. The van der Waals surface area contributed by atoms with E-state index < -0.39 is 0 Å². The maximum atomic E-state index is 9.62. The minimum atomic E-state index is 0.0778. The molecule has 0 atom stereocenters. The molecule has 8 nitrogen and oxygen atoms in total. The predicted molar refractivity (Wildman–Crippen MR) is 94.2 cm³/mol. The van der Waals surface area contributed by atoms with Crippen LogP contribution in [0.4, 0.5) is 5.82 Å². The highest BCUT2D eigenvalue weighted by molar-refractivity contribution is 5.84. The lowest BCUT2D eigenvalue weighted by atomic mass is 10.2. The molecule has 0 unspecified atom stereocenters. The first-order valence-corrected chi connectivity index (χ1v) is 7.51. The van der Waals surface area contributed by atoms with Crippen LogP contribution in [0, 0.1) is 0 Å². The molecule has 2 aromatic carbocycles. The van der Waals surface area contributed by atoms with Gasteiger partial charge in [0.2, 0.25) is 5.65 Å². The molecule has 0 aliphatic heterocycles. The van der Waals surface area contributed by atoms with Gasteiger partial charge in [-0.3, -0.25) is 9.83 Å². The maximum Gasteiger partial charge on any atom is 0.205 e. The summed E-state index contributed by atoms with van der Waals surface area (Å²) in [7, 11) is 1.50. The number of nitrogens with zero attached hydrogens (tertiary/aromatic N) is 5. The Kier molecular flexibility index (Phi) is 3.62. The van der Waals surface area contributed by atoms with Crippen LogP contribution in [-0.4, -0.2) is 38.0 Å². The summed E-state index contributed by atoms with van der Waals surface area (Å²) in [6, 6.07) is 12.7. The number of para-hydroxylation sites is 2.